The fourth-order valence-electron chi connectivity index (χ4n) is 3.10. The Hall–Kier alpha value is -2.15. The van der Waals surface area contributed by atoms with Gasteiger partial charge in [-0.3, -0.25) is 14.4 Å². The maximum absolute atomic E-state index is 12.3. The van der Waals surface area contributed by atoms with Crippen molar-refractivity contribution in [2.24, 2.45) is 0 Å². The van der Waals surface area contributed by atoms with Gasteiger partial charge in [0.2, 0.25) is 5.91 Å². The highest BCUT2D eigenvalue weighted by molar-refractivity contribution is 5.78. The number of nitrogens with one attached hydrogen (secondary N) is 1. The second-order valence-corrected chi connectivity index (χ2v) is 6.04. The standard InChI is InChI=1S/C16H23N5O2/c1-13(15-6-4-8-23-15)19-16(22)10-20-7-3-2-5-14(20)9-21-12-17-11-18-21/h4,6,8,11-14H,2-3,5,7,9-10H2,1H3,(H,19,22)/t13-,14+/m1/s1. The first kappa shape index (κ1) is 15.7. The normalized spacial score (nSPS) is 20.3. The lowest BCUT2D eigenvalue weighted by atomic mass is 10.0. The molecule has 1 N–H and O–H groups in total. The predicted octanol–water partition coefficient (Wildman–Crippen LogP) is 1.60. The molecule has 7 nitrogen and oxygen atoms in total. The summed E-state index contributed by atoms with van der Waals surface area (Å²) in [5.41, 5.74) is 0. The molecular formula is C16H23N5O2. The van der Waals surface area contributed by atoms with Crippen molar-refractivity contribution in [1.29, 1.82) is 0 Å². The summed E-state index contributed by atoms with van der Waals surface area (Å²) in [5, 5.41) is 7.17. The Morgan fingerprint density at radius 3 is 3.17 bits per heavy atom. The van der Waals surface area contributed by atoms with Crippen LogP contribution in [-0.2, 0) is 11.3 Å². The van der Waals surface area contributed by atoms with E-state index in [9.17, 15) is 4.79 Å². The number of likely N-dealkylation sites (tertiary alicyclic amines) is 1. The Balaban J connectivity index is 1.54. The molecule has 1 aliphatic heterocycles. The topological polar surface area (TPSA) is 76.2 Å². The van der Waals surface area contributed by atoms with E-state index in [0.717, 1.165) is 31.7 Å². The molecular weight excluding hydrogens is 294 g/mol. The average molecular weight is 317 g/mol. The molecule has 124 valence electrons. The van der Waals surface area contributed by atoms with Crippen molar-refractivity contribution in [3.8, 4) is 0 Å². The summed E-state index contributed by atoms with van der Waals surface area (Å²) in [6, 6.07) is 3.92. The van der Waals surface area contributed by atoms with E-state index in [-0.39, 0.29) is 11.9 Å². The van der Waals surface area contributed by atoms with Crippen LogP contribution in [0.1, 0.15) is 38.0 Å². The molecule has 0 radical (unpaired) electrons. The Labute approximate surface area is 135 Å². The van der Waals surface area contributed by atoms with E-state index in [1.165, 1.54) is 6.42 Å². The smallest absolute Gasteiger partial charge is 0.234 e. The Morgan fingerprint density at radius 1 is 1.52 bits per heavy atom. The first-order valence-electron chi connectivity index (χ1n) is 8.11. The molecule has 3 rings (SSSR count). The van der Waals surface area contributed by atoms with Gasteiger partial charge in [0.25, 0.3) is 0 Å². The number of furan rings is 1. The molecule has 2 atom stereocenters. The molecule has 0 bridgehead atoms. The zero-order chi connectivity index (χ0) is 16.1. The fraction of sp³-hybridized carbons (Fsp3) is 0.562. The van der Waals surface area contributed by atoms with Crippen LogP contribution in [0.25, 0.3) is 0 Å². The number of hydrogen-bond donors (Lipinski definition) is 1. The van der Waals surface area contributed by atoms with E-state index < -0.39 is 0 Å². The maximum atomic E-state index is 12.3. The van der Waals surface area contributed by atoms with Crippen LogP contribution in [-0.4, -0.2) is 44.7 Å². The van der Waals surface area contributed by atoms with Crippen LogP contribution in [0.5, 0.6) is 0 Å². The number of carbonyl (C=O) groups is 1. The second-order valence-electron chi connectivity index (χ2n) is 6.04. The van der Waals surface area contributed by atoms with Crippen LogP contribution < -0.4 is 5.32 Å². The van der Waals surface area contributed by atoms with Crippen molar-refractivity contribution in [3.63, 3.8) is 0 Å². The molecule has 2 aromatic heterocycles. The van der Waals surface area contributed by atoms with Gasteiger partial charge in [-0.1, -0.05) is 6.42 Å². The van der Waals surface area contributed by atoms with E-state index in [2.05, 4.69) is 20.3 Å². The average Bonchev–Trinajstić information content (AvgIpc) is 3.22. The highest BCUT2D eigenvalue weighted by Crippen LogP contribution is 2.18. The lowest BCUT2D eigenvalue weighted by Crippen LogP contribution is -2.47. The molecule has 1 amide bonds. The molecule has 23 heavy (non-hydrogen) atoms. The summed E-state index contributed by atoms with van der Waals surface area (Å²) in [4.78, 5) is 18.6. The molecule has 1 aliphatic rings. The van der Waals surface area contributed by atoms with Gasteiger partial charge in [-0.25, -0.2) is 4.98 Å². The minimum atomic E-state index is -0.115. The molecule has 3 heterocycles. The lowest BCUT2D eigenvalue weighted by Gasteiger charge is -2.35. The van der Waals surface area contributed by atoms with Crippen LogP contribution in [0, 0.1) is 0 Å². The van der Waals surface area contributed by atoms with E-state index in [0.29, 0.717) is 12.6 Å². The van der Waals surface area contributed by atoms with Gasteiger partial charge in [0.1, 0.15) is 18.4 Å². The van der Waals surface area contributed by atoms with Crippen molar-refractivity contribution in [2.75, 3.05) is 13.1 Å². The van der Waals surface area contributed by atoms with Crippen molar-refractivity contribution in [2.45, 2.75) is 44.8 Å². The van der Waals surface area contributed by atoms with Crippen LogP contribution in [0.4, 0.5) is 0 Å². The molecule has 1 fully saturated rings. The van der Waals surface area contributed by atoms with Gasteiger partial charge in [-0.2, -0.15) is 5.10 Å². The largest absolute Gasteiger partial charge is 0.467 e. The van der Waals surface area contributed by atoms with E-state index in [1.54, 1.807) is 18.9 Å². The number of piperidine rings is 1. The van der Waals surface area contributed by atoms with Crippen LogP contribution >= 0.6 is 0 Å². The van der Waals surface area contributed by atoms with Crippen LogP contribution in [0.3, 0.4) is 0 Å². The molecule has 0 unspecified atom stereocenters. The maximum Gasteiger partial charge on any atom is 0.234 e. The van der Waals surface area contributed by atoms with Gasteiger partial charge in [0.05, 0.1) is 25.4 Å². The minimum absolute atomic E-state index is 0.0272. The van der Waals surface area contributed by atoms with Crippen LogP contribution in [0.2, 0.25) is 0 Å². The minimum Gasteiger partial charge on any atom is -0.467 e. The molecule has 0 aromatic carbocycles. The number of aromatic nitrogens is 3. The van der Waals surface area contributed by atoms with Gasteiger partial charge in [0, 0.05) is 6.04 Å². The summed E-state index contributed by atoms with van der Waals surface area (Å²) < 4.78 is 7.17. The number of carbonyl (C=O) groups excluding carboxylic acids is 1. The fourth-order valence-corrected chi connectivity index (χ4v) is 3.10. The van der Waals surface area contributed by atoms with Crippen LogP contribution in [0.15, 0.2) is 35.5 Å². The SMILES string of the molecule is C[C@@H](NC(=O)CN1CCCC[C@H]1Cn1cncn1)c1ccco1. The number of amides is 1. The van der Waals surface area contributed by atoms with Gasteiger partial charge in [0.15, 0.2) is 0 Å². The third-order valence-electron chi connectivity index (χ3n) is 4.31. The zero-order valence-corrected chi connectivity index (χ0v) is 13.4. The summed E-state index contributed by atoms with van der Waals surface area (Å²) in [7, 11) is 0. The molecule has 7 heteroatoms. The molecule has 2 aromatic rings. The highest BCUT2D eigenvalue weighted by Gasteiger charge is 2.25. The quantitative estimate of drug-likeness (QED) is 0.876. The molecule has 1 saturated heterocycles. The number of hydrogen-bond acceptors (Lipinski definition) is 5. The molecule has 0 spiro atoms. The number of rotatable bonds is 6. The van der Waals surface area contributed by atoms with Gasteiger partial charge >= 0.3 is 0 Å². The van der Waals surface area contributed by atoms with Crippen molar-refractivity contribution >= 4 is 5.91 Å². The predicted molar refractivity (Wildman–Crippen MR) is 84.5 cm³/mol. The first-order valence-corrected chi connectivity index (χ1v) is 8.11. The zero-order valence-electron chi connectivity index (χ0n) is 13.4. The van der Waals surface area contributed by atoms with Gasteiger partial charge in [-0.15, -0.1) is 0 Å². The Bertz CT molecular complexity index is 596. The summed E-state index contributed by atoms with van der Waals surface area (Å²) in [5.74, 6) is 0.801. The first-order chi connectivity index (χ1) is 11.2. The Kier molecular flexibility index (Phi) is 5.07. The monoisotopic (exact) mass is 317 g/mol. The van der Waals surface area contributed by atoms with E-state index >= 15 is 0 Å². The number of nitrogens with zero attached hydrogens (tertiary/aromatic N) is 4. The Morgan fingerprint density at radius 2 is 2.43 bits per heavy atom. The van der Waals surface area contributed by atoms with Gasteiger partial charge < -0.3 is 9.73 Å². The van der Waals surface area contributed by atoms with Gasteiger partial charge in [-0.05, 0) is 38.4 Å². The highest BCUT2D eigenvalue weighted by atomic mass is 16.3. The molecule has 0 saturated carbocycles. The van der Waals surface area contributed by atoms with Crippen molar-refractivity contribution in [3.05, 3.63) is 36.8 Å². The van der Waals surface area contributed by atoms with E-state index in [4.69, 9.17) is 4.42 Å². The second kappa shape index (κ2) is 7.41. The van der Waals surface area contributed by atoms with Crippen molar-refractivity contribution < 1.29 is 9.21 Å². The molecule has 0 aliphatic carbocycles. The van der Waals surface area contributed by atoms with Crippen molar-refractivity contribution in [1.82, 2.24) is 25.0 Å². The summed E-state index contributed by atoms with van der Waals surface area (Å²) in [6.07, 6.45) is 8.31. The third kappa shape index (κ3) is 4.19. The summed E-state index contributed by atoms with van der Waals surface area (Å²) >= 11 is 0. The van der Waals surface area contributed by atoms with E-state index in [1.807, 2.05) is 23.7 Å². The third-order valence-corrected chi connectivity index (χ3v) is 4.31. The lowest BCUT2D eigenvalue weighted by molar-refractivity contribution is -0.124. The summed E-state index contributed by atoms with van der Waals surface area (Å²) in [6.45, 7) is 4.06.